The number of hydrogen-bond donors (Lipinski definition) is 3. The number of nitrogens with two attached hydrogens (primary N) is 3. The molecular weight excluding hydrogens is 272 g/mol. The molecule has 0 aliphatic rings. The summed E-state index contributed by atoms with van der Waals surface area (Å²) in [5, 5.41) is 0. The van der Waals surface area contributed by atoms with E-state index in [0.29, 0.717) is 17.1 Å². The number of benzene rings is 1. The van der Waals surface area contributed by atoms with Crippen molar-refractivity contribution in [2.75, 3.05) is 17.2 Å². The fourth-order valence-corrected chi connectivity index (χ4v) is 1.61. The maximum Gasteiger partial charge on any atom is 0.225 e. The molecule has 0 atom stereocenters. The molecule has 6 nitrogen and oxygen atoms in total. The van der Waals surface area contributed by atoms with Crippen molar-refractivity contribution in [3.63, 3.8) is 0 Å². The van der Waals surface area contributed by atoms with Gasteiger partial charge in [-0.3, -0.25) is 0 Å². The molecule has 0 amide bonds. The quantitative estimate of drug-likeness (QED) is 0.672. The highest BCUT2D eigenvalue weighted by Gasteiger charge is 2.08. The van der Waals surface area contributed by atoms with Crippen LogP contribution in [0.1, 0.15) is 0 Å². The predicted molar refractivity (Wildman–Crippen MR) is 66.2 cm³/mol. The van der Waals surface area contributed by atoms with Gasteiger partial charge in [0.25, 0.3) is 0 Å². The van der Waals surface area contributed by atoms with Gasteiger partial charge in [-0.1, -0.05) is 15.9 Å². The molecule has 7 heteroatoms. The fourth-order valence-electron chi connectivity index (χ4n) is 1.25. The summed E-state index contributed by atoms with van der Waals surface area (Å²) in [6, 6.07) is 5.37. The predicted octanol–water partition coefficient (Wildman–Crippen LogP) is 1.05. The smallest absolute Gasteiger partial charge is 0.225 e. The van der Waals surface area contributed by atoms with E-state index in [1.54, 1.807) is 12.1 Å². The molecule has 1 aromatic carbocycles. The Morgan fingerprint density at radius 2 is 1.56 bits per heavy atom. The highest BCUT2D eigenvalue weighted by molar-refractivity contribution is 9.10. The van der Waals surface area contributed by atoms with E-state index in [2.05, 4.69) is 30.9 Å². The summed E-state index contributed by atoms with van der Waals surface area (Å²) in [7, 11) is 0. The third kappa shape index (κ3) is 2.03. The van der Waals surface area contributed by atoms with Gasteiger partial charge in [-0.05, 0) is 18.2 Å². The topological polar surface area (TPSA) is 117 Å². The molecule has 0 radical (unpaired) electrons. The molecule has 0 fully saturated rings. The lowest BCUT2D eigenvalue weighted by Crippen LogP contribution is -2.05. The van der Waals surface area contributed by atoms with Crippen LogP contribution in [0.3, 0.4) is 0 Å². The SMILES string of the molecule is Nc1nc(N)nc(-c2cc(Br)ccc2N)n1. The van der Waals surface area contributed by atoms with Gasteiger partial charge < -0.3 is 17.2 Å². The van der Waals surface area contributed by atoms with Gasteiger partial charge in [0.2, 0.25) is 11.9 Å². The number of rotatable bonds is 1. The summed E-state index contributed by atoms with van der Waals surface area (Å²) in [6.45, 7) is 0. The highest BCUT2D eigenvalue weighted by atomic mass is 79.9. The van der Waals surface area contributed by atoms with Gasteiger partial charge in [-0.15, -0.1) is 0 Å². The lowest BCUT2D eigenvalue weighted by atomic mass is 10.2. The first kappa shape index (κ1) is 10.6. The van der Waals surface area contributed by atoms with Crippen LogP contribution < -0.4 is 17.2 Å². The van der Waals surface area contributed by atoms with E-state index in [4.69, 9.17) is 17.2 Å². The number of nitrogen functional groups attached to an aromatic ring is 3. The van der Waals surface area contributed by atoms with Gasteiger partial charge >= 0.3 is 0 Å². The Hall–Kier alpha value is -1.89. The molecule has 82 valence electrons. The summed E-state index contributed by atoms with van der Waals surface area (Å²) < 4.78 is 0.870. The molecule has 0 aliphatic heterocycles. The molecular formula is C9H9BrN6. The summed E-state index contributed by atoms with van der Waals surface area (Å²) in [5.41, 5.74) is 18.0. The minimum Gasteiger partial charge on any atom is -0.398 e. The Morgan fingerprint density at radius 1 is 0.938 bits per heavy atom. The van der Waals surface area contributed by atoms with Crippen LogP contribution >= 0.6 is 15.9 Å². The van der Waals surface area contributed by atoms with E-state index in [1.165, 1.54) is 0 Å². The van der Waals surface area contributed by atoms with Crippen LogP contribution in [0.15, 0.2) is 22.7 Å². The van der Waals surface area contributed by atoms with E-state index in [-0.39, 0.29) is 11.9 Å². The molecule has 0 aliphatic carbocycles. The largest absolute Gasteiger partial charge is 0.398 e. The molecule has 2 rings (SSSR count). The first-order chi connectivity index (χ1) is 7.56. The summed E-state index contributed by atoms with van der Waals surface area (Å²) in [6.07, 6.45) is 0. The van der Waals surface area contributed by atoms with Crippen molar-refractivity contribution in [1.82, 2.24) is 15.0 Å². The van der Waals surface area contributed by atoms with Crippen molar-refractivity contribution in [2.24, 2.45) is 0 Å². The molecule has 0 saturated heterocycles. The van der Waals surface area contributed by atoms with Gasteiger partial charge in [0.05, 0.1) is 0 Å². The Labute approximate surface area is 100 Å². The fraction of sp³-hybridized carbons (Fsp3) is 0. The lowest BCUT2D eigenvalue weighted by Gasteiger charge is -2.05. The van der Waals surface area contributed by atoms with Gasteiger partial charge in [-0.2, -0.15) is 15.0 Å². The molecule has 0 saturated carbocycles. The molecule has 1 heterocycles. The van der Waals surface area contributed by atoms with Crippen molar-refractivity contribution in [1.29, 1.82) is 0 Å². The van der Waals surface area contributed by atoms with Crippen LogP contribution in [0.5, 0.6) is 0 Å². The third-order valence-electron chi connectivity index (χ3n) is 1.93. The van der Waals surface area contributed by atoms with Crippen LogP contribution in [-0.4, -0.2) is 15.0 Å². The highest BCUT2D eigenvalue weighted by Crippen LogP contribution is 2.26. The molecule has 2 aromatic rings. The second-order valence-electron chi connectivity index (χ2n) is 3.11. The van der Waals surface area contributed by atoms with Gasteiger partial charge in [-0.25, -0.2) is 0 Å². The Kier molecular flexibility index (Phi) is 2.61. The molecule has 0 bridgehead atoms. The number of aromatic nitrogens is 3. The van der Waals surface area contributed by atoms with Gasteiger partial charge in [0.1, 0.15) is 0 Å². The van der Waals surface area contributed by atoms with Crippen molar-refractivity contribution in [3.05, 3.63) is 22.7 Å². The normalized spacial score (nSPS) is 10.3. The number of anilines is 3. The third-order valence-corrected chi connectivity index (χ3v) is 2.42. The average molecular weight is 281 g/mol. The Bertz CT molecular complexity index is 521. The van der Waals surface area contributed by atoms with Crippen LogP contribution in [0.4, 0.5) is 17.6 Å². The van der Waals surface area contributed by atoms with Crippen molar-refractivity contribution in [3.8, 4) is 11.4 Å². The van der Waals surface area contributed by atoms with E-state index in [1.807, 2.05) is 6.07 Å². The van der Waals surface area contributed by atoms with E-state index in [0.717, 1.165) is 4.47 Å². The first-order valence-corrected chi connectivity index (χ1v) is 5.18. The molecule has 0 spiro atoms. The van der Waals surface area contributed by atoms with E-state index < -0.39 is 0 Å². The summed E-state index contributed by atoms with van der Waals surface area (Å²) >= 11 is 3.34. The zero-order chi connectivity index (χ0) is 11.7. The molecule has 6 N–H and O–H groups in total. The van der Waals surface area contributed by atoms with Gasteiger partial charge in [0, 0.05) is 15.7 Å². The Balaban J connectivity index is 2.62. The van der Waals surface area contributed by atoms with Crippen molar-refractivity contribution < 1.29 is 0 Å². The zero-order valence-electron chi connectivity index (χ0n) is 8.18. The molecule has 0 unspecified atom stereocenters. The lowest BCUT2D eigenvalue weighted by molar-refractivity contribution is 1.09. The van der Waals surface area contributed by atoms with Crippen LogP contribution in [0.2, 0.25) is 0 Å². The minimum absolute atomic E-state index is 0.0712. The van der Waals surface area contributed by atoms with Crippen LogP contribution in [0.25, 0.3) is 11.4 Å². The minimum atomic E-state index is 0.0712. The Morgan fingerprint density at radius 3 is 2.19 bits per heavy atom. The van der Waals surface area contributed by atoms with Crippen molar-refractivity contribution >= 4 is 33.5 Å². The summed E-state index contributed by atoms with van der Waals surface area (Å²) in [4.78, 5) is 11.7. The number of hydrogen-bond acceptors (Lipinski definition) is 6. The molecule has 16 heavy (non-hydrogen) atoms. The second kappa shape index (κ2) is 3.93. The average Bonchev–Trinajstić information content (AvgIpc) is 2.20. The van der Waals surface area contributed by atoms with E-state index >= 15 is 0 Å². The maximum absolute atomic E-state index is 5.82. The standard InChI is InChI=1S/C9H9BrN6/c10-4-1-2-6(11)5(3-4)7-14-8(12)16-9(13)15-7/h1-3H,11H2,(H4,12,13,14,15,16). The maximum atomic E-state index is 5.82. The first-order valence-electron chi connectivity index (χ1n) is 4.38. The second-order valence-corrected chi connectivity index (χ2v) is 4.02. The molecule has 1 aromatic heterocycles. The zero-order valence-corrected chi connectivity index (χ0v) is 9.77. The van der Waals surface area contributed by atoms with Crippen LogP contribution in [0, 0.1) is 0 Å². The van der Waals surface area contributed by atoms with Crippen molar-refractivity contribution in [2.45, 2.75) is 0 Å². The van der Waals surface area contributed by atoms with Gasteiger partial charge in [0.15, 0.2) is 5.82 Å². The van der Waals surface area contributed by atoms with E-state index in [9.17, 15) is 0 Å². The monoisotopic (exact) mass is 280 g/mol. The number of nitrogens with zero attached hydrogens (tertiary/aromatic N) is 3. The summed E-state index contributed by atoms with van der Waals surface area (Å²) in [5.74, 6) is 0.507. The number of halogens is 1. The van der Waals surface area contributed by atoms with Crippen LogP contribution in [-0.2, 0) is 0 Å².